The van der Waals surface area contributed by atoms with E-state index in [1.165, 1.54) is 0 Å². The van der Waals surface area contributed by atoms with Crippen molar-refractivity contribution in [2.75, 3.05) is 6.54 Å². The third kappa shape index (κ3) is 2.25. The zero-order chi connectivity index (χ0) is 13.6. The third-order valence-electron chi connectivity index (χ3n) is 4.43. The molecule has 5 heteroatoms. The summed E-state index contributed by atoms with van der Waals surface area (Å²) in [6, 6.07) is 0. The smallest absolute Gasteiger partial charge is 0.220 e. The highest BCUT2D eigenvalue weighted by molar-refractivity contribution is 7.09. The molecule has 0 saturated carbocycles. The predicted molar refractivity (Wildman–Crippen MR) is 78.2 cm³/mol. The molecule has 0 N–H and O–H groups in total. The molecule has 1 aromatic rings. The van der Waals surface area contributed by atoms with Gasteiger partial charge < -0.3 is 4.57 Å². The predicted octanol–water partition coefficient (Wildman–Crippen LogP) is 3.15. The maximum Gasteiger partial charge on any atom is 0.220 e. The number of carbonyl (C=O) groups excluding carboxylic acids is 1. The van der Waals surface area contributed by atoms with Gasteiger partial charge in [0.15, 0.2) is 8.24 Å². The van der Waals surface area contributed by atoms with Gasteiger partial charge in [0.2, 0.25) is 5.91 Å². The molecule has 0 aromatic carbocycles. The number of hydrogen-bond acceptors (Lipinski definition) is 3. The second-order valence-electron chi connectivity index (χ2n) is 6.58. The maximum absolute atomic E-state index is 12.3. The van der Waals surface area contributed by atoms with Crippen molar-refractivity contribution in [3.05, 3.63) is 16.6 Å². The first kappa shape index (κ1) is 13.7. The minimum Gasteiger partial charge on any atom is -0.368 e. The average molecular weight is 282 g/mol. The van der Waals surface area contributed by atoms with E-state index in [-0.39, 0.29) is 11.0 Å². The molecule has 2 rings (SSSR count). The van der Waals surface area contributed by atoms with E-state index in [1.54, 1.807) is 11.3 Å². The summed E-state index contributed by atoms with van der Waals surface area (Å²) >= 11 is 1.65. The fourth-order valence-corrected chi connectivity index (χ4v) is 5.04. The summed E-state index contributed by atoms with van der Waals surface area (Å²) in [5.74, 6) is 0.516. The molecular formula is C13H22N2OSSi. The summed E-state index contributed by atoms with van der Waals surface area (Å²) in [5.41, 5.74) is 0. The second kappa shape index (κ2) is 4.45. The van der Waals surface area contributed by atoms with Crippen LogP contribution in [0.25, 0.3) is 0 Å². The van der Waals surface area contributed by atoms with Gasteiger partial charge in [-0.1, -0.05) is 33.9 Å². The summed E-state index contributed by atoms with van der Waals surface area (Å²) in [6.07, 6.45) is 2.64. The molecule has 1 aromatic heterocycles. The number of amides is 1. The van der Waals surface area contributed by atoms with Crippen LogP contribution in [-0.4, -0.2) is 30.2 Å². The van der Waals surface area contributed by atoms with E-state index < -0.39 is 8.24 Å². The van der Waals surface area contributed by atoms with Crippen LogP contribution in [0.2, 0.25) is 18.1 Å². The standard InChI is InChI=1S/C13H22N2OSSi/c1-13(2,3)18(4,5)15-9-10(12(15)16)8-11-14-6-7-17-11/h6-7,10H,8-9H2,1-5H3. The van der Waals surface area contributed by atoms with Gasteiger partial charge in [-0.25, -0.2) is 4.98 Å². The van der Waals surface area contributed by atoms with E-state index in [4.69, 9.17) is 0 Å². The fraction of sp³-hybridized carbons (Fsp3) is 0.692. The second-order valence-corrected chi connectivity index (χ2v) is 12.7. The molecule has 0 aliphatic carbocycles. The molecular weight excluding hydrogens is 260 g/mol. The number of rotatable bonds is 3. The Hall–Kier alpha value is -0.683. The Morgan fingerprint density at radius 2 is 2.17 bits per heavy atom. The van der Waals surface area contributed by atoms with Gasteiger partial charge in [-0.2, -0.15) is 0 Å². The van der Waals surface area contributed by atoms with E-state index in [9.17, 15) is 4.79 Å². The molecule has 0 radical (unpaired) electrons. The minimum absolute atomic E-state index is 0.172. The van der Waals surface area contributed by atoms with E-state index in [2.05, 4.69) is 43.4 Å². The van der Waals surface area contributed by atoms with Crippen molar-refractivity contribution >= 4 is 25.5 Å². The molecule has 18 heavy (non-hydrogen) atoms. The molecule has 1 fully saturated rings. The first-order chi connectivity index (χ1) is 8.23. The SMILES string of the molecule is CC(C)(C)[Si](C)(C)N1CC(Cc2nccs2)C1=O. The summed E-state index contributed by atoms with van der Waals surface area (Å²) in [7, 11) is -1.66. The number of carbonyl (C=O) groups is 1. The van der Waals surface area contributed by atoms with Gasteiger partial charge in [0, 0.05) is 24.5 Å². The normalized spacial score (nSPS) is 21.1. The Morgan fingerprint density at radius 3 is 2.61 bits per heavy atom. The van der Waals surface area contributed by atoms with Gasteiger partial charge in [0.25, 0.3) is 0 Å². The van der Waals surface area contributed by atoms with Crippen LogP contribution in [0.1, 0.15) is 25.8 Å². The number of thiazole rings is 1. The Labute approximate surface area is 114 Å². The van der Waals surface area contributed by atoms with Crippen LogP contribution in [0.15, 0.2) is 11.6 Å². The third-order valence-corrected chi connectivity index (χ3v) is 10.7. The lowest BCUT2D eigenvalue weighted by molar-refractivity contribution is -0.141. The van der Waals surface area contributed by atoms with Gasteiger partial charge in [0.05, 0.1) is 10.9 Å². The average Bonchev–Trinajstić information content (AvgIpc) is 2.73. The highest BCUT2D eigenvalue weighted by Crippen LogP contribution is 2.42. The largest absolute Gasteiger partial charge is 0.368 e. The number of β-lactam (4-membered cyclic amide) rings is 1. The van der Waals surface area contributed by atoms with Crippen molar-refractivity contribution in [3.8, 4) is 0 Å². The van der Waals surface area contributed by atoms with Crippen molar-refractivity contribution in [3.63, 3.8) is 0 Å². The highest BCUT2D eigenvalue weighted by Gasteiger charge is 2.50. The lowest BCUT2D eigenvalue weighted by Gasteiger charge is -2.53. The molecule has 1 aliphatic rings. The van der Waals surface area contributed by atoms with Gasteiger partial charge in [0.1, 0.15) is 0 Å². The molecule has 100 valence electrons. The molecule has 2 heterocycles. The molecule has 1 aliphatic heterocycles. The van der Waals surface area contributed by atoms with Gasteiger partial charge in [-0.15, -0.1) is 11.3 Å². The van der Waals surface area contributed by atoms with E-state index in [0.29, 0.717) is 5.91 Å². The van der Waals surface area contributed by atoms with Crippen molar-refractivity contribution in [1.82, 2.24) is 9.55 Å². The van der Waals surface area contributed by atoms with Crippen LogP contribution in [0.3, 0.4) is 0 Å². The Bertz CT molecular complexity index is 436. The Balaban J connectivity index is 2.00. The van der Waals surface area contributed by atoms with Crippen LogP contribution in [0.5, 0.6) is 0 Å². The summed E-state index contributed by atoms with van der Waals surface area (Å²) in [6.45, 7) is 12.3. The molecule has 3 nitrogen and oxygen atoms in total. The first-order valence-corrected chi connectivity index (χ1v) is 10.3. The molecule has 1 atom stereocenters. The van der Waals surface area contributed by atoms with Crippen LogP contribution >= 0.6 is 11.3 Å². The molecule has 0 bridgehead atoms. The molecule has 1 unspecified atom stereocenters. The fourth-order valence-electron chi connectivity index (χ4n) is 2.12. The number of nitrogens with zero attached hydrogens (tertiary/aromatic N) is 2. The van der Waals surface area contributed by atoms with Crippen molar-refractivity contribution < 1.29 is 4.79 Å². The lowest BCUT2D eigenvalue weighted by Crippen LogP contribution is -2.67. The molecule has 1 amide bonds. The van der Waals surface area contributed by atoms with E-state index in [1.807, 2.05) is 11.6 Å². The summed E-state index contributed by atoms with van der Waals surface area (Å²) in [5, 5.41) is 3.29. The van der Waals surface area contributed by atoms with Crippen molar-refractivity contribution in [2.45, 2.75) is 45.3 Å². The highest BCUT2D eigenvalue weighted by atomic mass is 32.1. The van der Waals surface area contributed by atoms with E-state index in [0.717, 1.165) is 18.0 Å². The summed E-state index contributed by atoms with van der Waals surface area (Å²) in [4.78, 5) is 16.6. The summed E-state index contributed by atoms with van der Waals surface area (Å²) < 4.78 is 2.16. The topological polar surface area (TPSA) is 33.2 Å². The van der Waals surface area contributed by atoms with Gasteiger partial charge in [-0.05, 0) is 5.04 Å². The zero-order valence-corrected chi connectivity index (χ0v) is 13.7. The van der Waals surface area contributed by atoms with E-state index >= 15 is 0 Å². The Morgan fingerprint density at radius 1 is 1.50 bits per heavy atom. The zero-order valence-electron chi connectivity index (χ0n) is 11.9. The molecule has 0 spiro atoms. The maximum atomic E-state index is 12.3. The van der Waals surface area contributed by atoms with Crippen LogP contribution in [0.4, 0.5) is 0 Å². The number of hydrogen-bond donors (Lipinski definition) is 0. The Kier molecular flexibility index (Phi) is 3.40. The molecule has 1 saturated heterocycles. The van der Waals surface area contributed by atoms with Crippen LogP contribution in [-0.2, 0) is 11.2 Å². The van der Waals surface area contributed by atoms with Crippen molar-refractivity contribution in [1.29, 1.82) is 0 Å². The monoisotopic (exact) mass is 282 g/mol. The van der Waals surface area contributed by atoms with Crippen LogP contribution in [0, 0.1) is 5.92 Å². The van der Waals surface area contributed by atoms with Gasteiger partial charge >= 0.3 is 0 Å². The lowest BCUT2D eigenvalue weighted by atomic mass is 9.98. The van der Waals surface area contributed by atoms with Crippen LogP contribution < -0.4 is 0 Å². The van der Waals surface area contributed by atoms with Crippen molar-refractivity contribution in [2.24, 2.45) is 5.92 Å². The van der Waals surface area contributed by atoms with Gasteiger partial charge in [-0.3, -0.25) is 4.79 Å². The quantitative estimate of drug-likeness (QED) is 0.630. The first-order valence-electron chi connectivity index (χ1n) is 6.43. The minimum atomic E-state index is -1.66. The number of aromatic nitrogens is 1.